The highest BCUT2D eigenvalue weighted by atomic mass is 32.2. The normalized spacial score (nSPS) is 11.0. The lowest BCUT2D eigenvalue weighted by Crippen LogP contribution is -2.12. The van der Waals surface area contributed by atoms with Crippen molar-refractivity contribution in [3.63, 3.8) is 0 Å². The smallest absolute Gasteiger partial charge is 0.335 e. The number of thioether (sulfide) groups is 1. The van der Waals surface area contributed by atoms with Crippen LogP contribution in [0.15, 0.2) is 63.6 Å². The Bertz CT molecular complexity index is 821. The Hall–Kier alpha value is -3.20. The third-order valence-corrected chi connectivity index (χ3v) is 4.14. The predicted octanol–water partition coefficient (Wildman–Crippen LogP) is 3.03. The van der Waals surface area contributed by atoms with Crippen molar-refractivity contribution in [3.8, 4) is 0 Å². The number of amides is 1. The predicted molar refractivity (Wildman–Crippen MR) is 95.3 cm³/mol. The maximum atomic E-state index is 12.2. The molecule has 2 aromatic carbocycles. The van der Waals surface area contributed by atoms with Gasteiger partial charge in [-0.1, -0.05) is 6.07 Å². The molecular weight excluding hydrogens is 342 g/mol. The fourth-order valence-electron chi connectivity index (χ4n) is 1.88. The van der Waals surface area contributed by atoms with Crippen LogP contribution < -0.4 is 11.2 Å². The van der Waals surface area contributed by atoms with Gasteiger partial charge in [0.2, 0.25) is 0 Å². The summed E-state index contributed by atoms with van der Waals surface area (Å²) in [5.74, 6) is 4.25. The number of hydrogen-bond acceptors (Lipinski definition) is 6. The van der Waals surface area contributed by atoms with Crippen LogP contribution in [0.3, 0.4) is 0 Å². The fourth-order valence-corrected chi connectivity index (χ4v) is 2.65. The monoisotopic (exact) mass is 357 g/mol. The Morgan fingerprint density at radius 2 is 1.88 bits per heavy atom. The minimum absolute atomic E-state index is 0.0988. The summed E-state index contributed by atoms with van der Waals surface area (Å²) < 4.78 is 0. The highest BCUT2D eigenvalue weighted by Gasteiger charge is 2.09. The van der Waals surface area contributed by atoms with Gasteiger partial charge in [0, 0.05) is 16.1 Å². The number of hydrogen-bond donors (Lipinski definition) is 4. The summed E-state index contributed by atoms with van der Waals surface area (Å²) in [7, 11) is 0. The number of anilines is 1. The van der Waals surface area contributed by atoms with E-state index in [-0.39, 0.29) is 17.3 Å². The van der Waals surface area contributed by atoms with E-state index in [4.69, 9.17) is 16.5 Å². The first-order valence-corrected chi connectivity index (χ1v) is 8.04. The molecule has 0 aliphatic rings. The number of hydrazone groups is 1. The molecule has 9 heteroatoms. The first-order valence-electron chi connectivity index (χ1n) is 7.05. The SMILES string of the molecule is N=N/C(CSc1ccc(C(=O)Nc2cccc(C(=O)O)c2)cc1)=N\N. The molecule has 0 atom stereocenters. The molecule has 2 aromatic rings. The van der Waals surface area contributed by atoms with Crippen LogP contribution in [0.25, 0.3) is 0 Å². The van der Waals surface area contributed by atoms with E-state index >= 15 is 0 Å². The summed E-state index contributed by atoms with van der Waals surface area (Å²) in [5.41, 5.74) is 7.81. The Balaban J connectivity index is 2.02. The van der Waals surface area contributed by atoms with E-state index in [2.05, 4.69) is 15.5 Å². The van der Waals surface area contributed by atoms with Gasteiger partial charge in [0.25, 0.3) is 5.91 Å². The number of nitrogens with two attached hydrogens (primary N) is 1. The molecule has 2 rings (SSSR count). The van der Waals surface area contributed by atoms with Crippen LogP contribution in [0.1, 0.15) is 20.7 Å². The number of nitrogens with zero attached hydrogens (tertiary/aromatic N) is 2. The fraction of sp³-hybridized carbons (Fsp3) is 0.0625. The van der Waals surface area contributed by atoms with Gasteiger partial charge in [0.15, 0.2) is 5.84 Å². The number of carboxylic acids is 1. The molecule has 0 fully saturated rings. The Morgan fingerprint density at radius 1 is 1.16 bits per heavy atom. The third-order valence-electron chi connectivity index (χ3n) is 3.13. The van der Waals surface area contributed by atoms with E-state index in [9.17, 15) is 9.59 Å². The quantitative estimate of drug-likeness (QED) is 0.157. The topological polar surface area (TPSA) is 141 Å². The van der Waals surface area contributed by atoms with Crippen LogP contribution >= 0.6 is 11.8 Å². The molecule has 0 saturated heterocycles. The zero-order valence-corrected chi connectivity index (χ0v) is 13.8. The van der Waals surface area contributed by atoms with Gasteiger partial charge in [-0.3, -0.25) is 4.79 Å². The lowest BCUT2D eigenvalue weighted by molar-refractivity contribution is 0.0696. The van der Waals surface area contributed by atoms with E-state index < -0.39 is 5.97 Å². The lowest BCUT2D eigenvalue weighted by atomic mass is 10.2. The molecule has 1 amide bonds. The molecule has 0 aliphatic carbocycles. The van der Waals surface area contributed by atoms with E-state index in [0.29, 0.717) is 17.0 Å². The molecule has 5 N–H and O–H groups in total. The van der Waals surface area contributed by atoms with Crippen LogP contribution in [0.5, 0.6) is 0 Å². The van der Waals surface area contributed by atoms with Crippen molar-refractivity contribution in [2.45, 2.75) is 4.90 Å². The highest BCUT2D eigenvalue weighted by molar-refractivity contribution is 8.00. The zero-order valence-electron chi connectivity index (χ0n) is 13.0. The number of carboxylic acid groups (broad SMARTS) is 1. The molecular formula is C16H15N5O3S. The van der Waals surface area contributed by atoms with Crippen LogP contribution in [-0.4, -0.2) is 28.6 Å². The summed E-state index contributed by atoms with van der Waals surface area (Å²) in [4.78, 5) is 24.0. The Kier molecular flexibility index (Phi) is 6.24. The Labute approximate surface area is 147 Å². The maximum absolute atomic E-state index is 12.2. The number of nitrogens with one attached hydrogen (secondary N) is 2. The van der Waals surface area contributed by atoms with Crippen molar-refractivity contribution in [2.24, 2.45) is 16.1 Å². The number of aromatic carboxylic acids is 1. The molecule has 0 radical (unpaired) electrons. The van der Waals surface area contributed by atoms with Crippen molar-refractivity contribution in [2.75, 3.05) is 11.1 Å². The average Bonchev–Trinajstić information content (AvgIpc) is 2.63. The maximum Gasteiger partial charge on any atom is 0.335 e. The first-order chi connectivity index (χ1) is 12.0. The summed E-state index contributed by atoms with van der Waals surface area (Å²) >= 11 is 1.39. The number of benzene rings is 2. The summed E-state index contributed by atoms with van der Waals surface area (Å²) in [6.45, 7) is 0. The Morgan fingerprint density at radius 3 is 2.48 bits per heavy atom. The third kappa shape index (κ3) is 5.15. The van der Waals surface area contributed by atoms with Crippen LogP contribution in [-0.2, 0) is 0 Å². The highest BCUT2D eigenvalue weighted by Crippen LogP contribution is 2.19. The molecule has 0 bridgehead atoms. The summed E-state index contributed by atoms with van der Waals surface area (Å²) in [6.07, 6.45) is 0. The van der Waals surface area contributed by atoms with Crippen molar-refractivity contribution in [1.82, 2.24) is 0 Å². The van der Waals surface area contributed by atoms with E-state index in [1.54, 1.807) is 36.4 Å². The number of carbonyl (C=O) groups is 2. The van der Waals surface area contributed by atoms with Gasteiger partial charge < -0.3 is 16.3 Å². The molecule has 25 heavy (non-hydrogen) atoms. The zero-order chi connectivity index (χ0) is 18.2. The van der Waals surface area contributed by atoms with Crippen molar-refractivity contribution < 1.29 is 14.7 Å². The van der Waals surface area contributed by atoms with Crippen LogP contribution in [0.2, 0.25) is 0 Å². The van der Waals surface area contributed by atoms with Crippen LogP contribution in [0, 0.1) is 5.53 Å². The molecule has 0 spiro atoms. The first kappa shape index (κ1) is 18.1. The molecule has 0 saturated carbocycles. The van der Waals surface area contributed by atoms with Gasteiger partial charge in [-0.25, -0.2) is 10.3 Å². The summed E-state index contributed by atoms with van der Waals surface area (Å²) in [5, 5.41) is 18.2. The average molecular weight is 357 g/mol. The van der Waals surface area contributed by atoms with Crippen molar-refractivity contribution in [1.29, 1.82) is 5.53 Å². The number of amidine groups is 1. The molecule has 128 valence electrons. The second-order valence-corrected chi connectivity index (χ2v) is 5.86. The van der Waals surface area contributed by atoms with E-state index in [1.165, 1.54) is 23.9 Å². The van der Waals surface area contributed by atoms with E-state index in [0.717, 1.165) is 4.90 Å². The van der Waals surface area contributed by atoms with Crippen molar-refractivity contribution in [3.05, 3.63) is 59.7 Å². The second-order valence-electron chi connectivity index (χ2n) is 4.81. The van der Waals surface area contributed by atoms with Crippen LogP contribution in [0.4, 0.5) is 5.69 Å². The van der Waals surface area contributed by atoms with E-state index in [1.807, 2.05) is 0 Å². The lowest BCUT2D eigenvalue weighted by Gasteiger charge is -2.07. The van der Waals surface area contributed by atoms with Gasteiger partial charge in [0.1, 0.15) is 0 Å². The van der Waals surface area contributed by atoms with Gasteiger partial charge >= 0.3 is 5.97 Å². The molecule has 0 aromatic heterocycles. The van der Waals surface area contributed by atoms with Gasteiger partial charge in [-0.2, -0.15) is 5.10 Å². The minimum atomic E-state index is -1.06. The number of carbonyl (C=O) groups excluding carboxylic acids is 1. The number of rotatable bonds is 6. The van der Waals surface area contributed by atoms with Gasteiger partial charge in [-0.05, 0) is 42.5 Å². The minimum Gasteiger partial charge on any atom is -0.478 e. The van der Waals surface area contributed by atoms with Gasteiger partial charge in [-0.15, -0.1) is 16.9 Å². The second kappa shape index (κ2) is 8.60. The standard InChI is InChI=1S/C16H15N5O3S/c17-20-14(21-18)9-25-13-6-4-10(5-7-13)15(22)19-12-3-1-2-11(8-12)16(23)24/h1-8,17H,9,18H2,(H,19,22)(H,23,24)/b20-17?,21-14-. The molecule has 0 unspecified atom stereocenters. The van der Waals surface area contributed by atoms with Crippen molar-refractivity contribution >= 4 is 35.2 Å². The largest absolute Gasteiger partial charge is 0.478 e. The molecule has 0 aliphatic heterocycles. The molecule has 0 heterocycles. The van der Waals surface area contributed by atoms with Gasteiger partial charge in [0.05, 0.1) is 11.3 Å². The molecule has 8 nitrogen and oxygen atoms in total. The summed E-state index contributed by atoms with van der Waals surface area (Å²) in [6, 6.07) is 12.8.